The largest absolute Gasteiger partial charge is 0.454 e. The highest BCUT2D eigenvalue weighted by Gasteiger charge is 2.31. The number of nitrogens with zero attached hydrogens (tertiary/aromatic N) is 5. The van der Waals surface area contributed by atoms with Gasteiger partial charge in [0.15, 0.2) is 31.0 Å². The van der Waals surface area contributed by atoms with Crippen LogP contribution >= 0.6 is 0 Å². The Morgan fingerprint density at radius 1 is 0.259 bits per heavy atom. The molecule has 2 fully saturated rings. The van der Waals surface area contributed by atoms with Gasteiger partial charge < -0.3 is 22.1 Å². The Bertz CT molecular complexity index is 9690. The fourth-order valence-corrected chi connectivity index (χ4v) is 22.5. The third-order valence-electron chi connectivity index (χ3n) is 30.2. The van der Waals surface area contributed by atoms with Gasteiger partial charge >= 0.3 is 0 Å². The van der Waals surface area contributed by atoms with Crippen molar-refractivity contribution >= 4 is 164 Å². The number of pyridine rings is 5. The van der Waals surface area contributed by atoms with Gasteiger partial charge in [-0.2, -0.15) is 0 Å². The van der Waals surface area contributed by atoms with Crippen molar-refractivity contribution < 1.29 is 58.6 Å². The lowest BCUT2D eigenvalue weighted by atomic mass is 9.84. The molecule has 10 aromatic heterocycles. The Balaban J connectivity index is 0.000000104. The number of aryl methyl sites for hydroxylation is 11. The average Bonchev–Trinajstić information content (AvgIpc) is 1.60. The van der Waals surface area contributed by atoms with Crippen LogP contribution in [0.25, 0.3) is 220 Å². The summed E-state index contributed by atoms with van der Waals surface area (Å²) in [4.78, 5) is 0. The van der Waals surface area contributed by atoms with E-state index >= 15 is 0 Å². The smallest absolute Gasteiger partial charge is 0.216 e. The first kappa shape index (κ1) is 80.1. The molecule has 0 aliphatic heterocycles. The molecule has 27 rings (SSSR count). The Kier molecular flexibility index (Phi) is 20.9. The summed E-state index contributed by atoms with van der Waals surface area (Å²) in [5.41, 5.74) is 29.2. The summed E-state index contributed by atoms with van der Waals surface area (Å²) in [6, 6.07) is 105. The van der Waals surface area contributed by atoms with E-state index in [1.165, 1.54) is 46.2 Å². The van der Waals surface area contributed by atoms with Crippen LogP contribution in [0.5, 0.6) is 0 Å². The molecule has 0 radical (unpaired) electrons. The van der Waals surface area contributed by atoms with E-state index in [2.05, 4.69) is 329 Å². The highest BCUT2D eigenvalue weighted by Crippen LogP contribution is 2.48. The van der Waals surface area contributed by atoms with Gasteiger partial charge in [-0.05, 0) is 206 Å². The predicted octanol–water partition coefficient (Wildman–Crippen LogP) is 34.0. The monoisotopic (exact) mass is 1880 g/mol. The molecule has 10 heteroatoms. The molecule has 143 heavy (non-hydrogen) atoms. The van der Waals surface area contributed by atoms with E-state index in [0.29, 0.717) is 11.1 Å². The molecule has 10 nitrogen and oxygen atoms in total. The molecule has 10 heterocycles. The second-order valence-corrected chi connectivity index (χ2v) is 39.7. The van der Waals surface area contributed by atoms with Crippen LogP contribution in [0.15, 0.2) is 356 Å². The maximum Gasteiger partial charge on any atom is 0.216 e. The van der Waals surface area contributed by atoms with E-state index in [0.717, 1.165) is 283 Å². The molecular formula is C133H122N5O5+5. The molecule has 2 aliphatic rings. The van der Waals surface area contributed by atoms with Crippen molar-refractivity contribution in [3.63, 3.8) is 0 Å². The molecule has 704 valence electrons. The average molecular weight is 1880 g/mol. The first-order valence-corrected chi connectivity index (χ1v) is 50.1. The maximum atomic E-state index is 9.15. The van der Waals surface area contributed by atoms with E-state index < -0.39 is 37.3 Å². The third-order valence-corrected chi connectivity index (χ3v) is 30.2. The number of hydrogen-bond donors (Lipinski definition) is 0. The molecule has 1 unspecified atom stereocenters. The molecule has 15 aromatic carbocycles. The van der Waals surface area contributed by atoms with E-state index in [1.807, 2.05) is 87.4 Å². The Hall–Kier alpha value is -15.7. The van der Waals surface area contributed by atoms with Gasteiger partial charge in [0, 0.05) is 153 Å². The van der Waals surface area contributed by atoms with E-state index in [-0.39, 0.29) is 0 Å². The summed E-state index contributed by atoms with van der Waals surface area (Å²) in [5.74, 6) is -3.24. The molecule has 0 saturated heterocycles. The van der Waals surface area contributed by atoms with Gasteiger partial charge in [-0.1, -0.05) is 272 Å². The van der Waals surface area contributed by atoms with Crippen LogP contribution in [0.1, 0.15) is 178 Å². The van der Waals surface area contributed by atoms with Gasteiger partial charge in [0.05, 0.1) is 27.8 Å². The third kappa shape index (κ3) is 16.4. The molecule has 0 bridgehead atoms. The number of furan rings is 5. The summed E-state index contributed by atoms with van der Waals surface area (Å²) in [6.07, 6.45) is 19.4. The van der Waals surface area contributed by atoms with E-state index in [1.54, 1.807) is 24.5 Å². The van der Waals surface area contributed by atoms with Crippen LogP contribution in [0.3, 0.4) is 0 Å². The summed E-state index contributed by atoms with van der Waals surface area (Å²) >= 11 is 0. The summed E-state index contributed by atoms with van der Waals surface area (Å²) < 4.78 is 124. The van der Waals surface area contributed by atoms with Crippen molar-refractivity contribution in [3.8, 4) is 56.3 Å². The first-order valence-electron chi connectivity index (χ1n) is 55.1. The minimum Gasteiger partial charge on any atom is -0.454 e. The van der Waals surface area contributed by atoms with Crippen molar-refractivity contribution in [1.29, 1.82) is 0 Å². The molecule has 25 aromatic rings. The quantitative estimate of drug-likeness (QED) is 0.134. The van der Waals surface area contributed by atoms with Crippen LogP contribution in [-0.2, 0) is 35.2 Å². The second-order valence-electron chi connectivity index (χ2n) is 39.7. The van der Waals surface area contributed by atoms with Gasteiger partial charge in [-0.15, -0.1) is 0 Å². The van der Waals surface area contributed by atoms with Crippen LogP contribution in [-0.4, -0.2) is 0 Å². The number of hydrogen-bond acceptors (Lipinski definition) is 5. The van der Waals surface area contributed by atoms with Crippen molar-refractivity contribution in [2.75, 3.05) is 0 Å². The van der Waals surface area contributed by atoms with Crippen LogP contribution in [0.4, 0.5) is 0 Å². The molecule has 2 saturated carbocycles. The van der Waals surface area contributed by atoms with Crippen molar-refractivity contribution in [2.45, 2.75) is 150 Å². The molecular weight excluding hydrogens is 1750 g/mol. The van der Waals surface area contributed by atoms with E-state index in [4.69, 9.17) is 35.8 Å². The van der Waals surface area contributed by atoms with Crippen LogP contribution in [0.2, 0.25) is 0 Å². The molecule has 2 aliphatic carbocycles. The topological polar surface area (TPSA) is 85.1 Å². The molecule has 0 spiro atoms. The normalized spacial score (nSPS) is 15.4. The Morgan fingerprint density at radius 3 is 0.853 bits per heavy atom. The number of fused-ring (bicyclic) bond motifs is 25. The zero-order chi connectivity index (χ0) is 107. The zero-order valence-electron chi connectivity index (χ0n) is 93.4. The minimum absolute atomic E-state index is 0.323. The lowest BCUT2D eigenvalue weighted by Gasteiger charge is -2.21. The number of benzene rings is 15. The predicted molar refractivity (Wildman–Crippen MR) is 593 cm³/mol. The SMILES string of the molecule is [2H]C(C)(C)c1ccc(-c2c(C)ccc3c2oc2c4ccccc4ccc32)[n+](C)c1.[2H]C([2H])([2H])C([2H])(C)c1ccc(-c2c(C)ccc3c2oc2c4ccccc4ccc32)[n+](C)c1.[2H]C([2H])([2H])c1ccc(-c2c(C)ccc3c2oc2c4ccccc4ccc32)[n+](C)c1.[2H]C1(c2cc[n+](C)c(-c3c(C)ccc4c3oc3c5ccccc5ccc43)c2)CCCCC1.[2H]C1(c2ccc(-c3c(C)ccc4c3oc3c5ccccc5ccc43)[n+](C)c2)CCCC1. The Labute approximate surface area is 849 Å². The fourth-order valence-electron chi connectivity index (χ4n) is 22.5. The lowest BCUT2D eigenvalue weighted by molar-refractivity contribution is -0.661. The van der Waals surface area contributed by atoms with Crippen molar-refractivity contribution in [2.24, 2.45) is 35.2 Å². The van der Waals surface area contributed by atoms with Gasteiger partial charge in [-0.3, -0.25) is 0 Å². The van der Waals surface area contributed by atoms with Gasteiger partial charge in [-0.25, -0.2) is 22.8 Å². The molecule has 0 N–H and O–H groups in total. The van der Waals surface area contributed by atoms with Crippen LogP contribution in [0, 0.1) is 41.5 Å². The summed E-state index contributed by atoms with van der Waals surface area (Å²) in [5, 5.41) is 22.6. The van der Waals surface area contributed by atoms with Gasteiger partial charge in [0.2, 0.25) is 28.5 Å². The van der Waals surface area contributed by atoms with Crippen LogP contribution < -0.4 is 22.8 Å². The second kappa shape index (κ2) is 37.4. The summed E-state index contributed by atoms with van der Waals surface area (Å²) in [6.45, 7) is 11.3. The zero-order valence-corrected chi connectivity index (χ0v) is 83.4. The standard InChI is InChI=1S/C29H28NO.C28H26NO.2C26H24NO.C24H20NO/c1-19-12-14-25-24-15-13-21-10-6-7-11-23(21)28(24)31-29(25)27(19)26-18-22(16-17-30(26)2)20-8-4-3-5-9-20;1-18-11-14-24-23-15-12-20-9-5-6-10-22(20)27(23)30-28(24)26(18)25-16-13-21(17-29(25)2)19-7-3-4-8-19;2*1-16(2)19-11-14-23(27(4)15-19)24-17(3)9-12-22-21-13-10-18-7-5-6-8-20(18)25(21)28-26(22)24;1-15-8-13-21(25(3)14-15)22-16(2)9-11-20-19-12-10-17-6-4-5-7-18(17)23(19)26-24(20)22/h6-7,10-18,20H,3-5,8-9H2,1-2H3;5-6,9-17,19H,3-4,7-8H2,1-2H3;2*5-16H,1-4H3;4-14H,1-3H3/q5*+1/i20D;19D;1D3,16D;16D;1D3. The van der Waals surface area contributed by atoms with Gasteiger partial charge in [0.1, 0.15) is 91.1 Å². The highest BCUT2D eigenvalue weighted by molar-refractivity contribution is 6.22. The Morgan fingerprint density at radius 2 is 0.538 bits per heavy atom. The fraction of sp³-hybridized carbons (Fsp3) is 0.211. The van der Waals surface area contributed by atoms with Crippen molar-refractivity contribution in [3.05, 3.63) is 390 Å². The highest BCUT2D eigenvalue weighted by atomic mass is 16.3. The van der Waals surface area contributed by atoms with Crippen molar-refractivity contribution in [1.82, 2.24) is 0 Å². The first-order chi connectivity index (χ1) is 73.4. The maximum absolute atomic E-state index is 9.15. The number of aromatic nitrogens is 5. The minimum atomic E-state index is -2.42. The number of rotatable bonds is 9. The summed E-state index contributed by atoms with van der Waals surface area (Å²) in [7, 11) is 9.98. The van der Waals surface area contributed by atoms with Gasteiger partial charge in [0.25, 0.3) is 0 Å². The lowest BCUT2D eigenvalue weighted by Crippen LogP contribution is -2.31. The molecule has 0 amide bonds. The van der Waals surface area contributed by atoms with E-state index in [9.17, 15) is 0 Å². The molecule has 1 atom stereocenters.